The summed E-state index contributed by atoms with van der Waals surface area (Å²) in [6.45, 7) is 5.93. The molecule has 0 spiro atoms. The topological polar surface area (TPSA) is 50.4 Å². The summed E-state index contributed by atoms with van der Waals surface area (Å²) in [6.07, 6.45) is 0.838. The van der Waals surface area contributed by atoms with Gasteiger partial charge in [0.1, 0.15) is 0 Å². The Bertz CT molecular complexity index is 391. The molecule has 0 atom stereocenters. The monoisotopic (exact) mass is 264 g/mol. The van der Waals surface area contributed by atoms with Crippen molar-refractivity contribution in [1.82, 2.24) is 5.32 Å². The van der Waals surface area contributed by atoms with Crippen LogP contribution in [0.4, 0.5) is 5.69 Å². The van der Waals surface area contributed by atoms with E-state index in [9.17, 15) is 4.79 Å². The molecule has 1 amide bonds. The van der Waals surface area contributed by atoms with Crippen molar-refractivity contribution in [2.24, 2.45) is 0 Å². The number of hydrogen-bond donors (Lipinski definition) is 2. The molecule has 0 saturated carbocycles. The van der Waals surface area contributed by atoms with Crippen LogP contribution in [0, 0.1) is 0 Å². The molecule has 2 N–H and O–H groups in total. The number of rotatable bonds is 8. The maximum absolute atomic E-state index is 11.6. The van der Waals surface area contributed by atoms with Gasteiger partial charge in [0.25, 0.3) is 0 Å². The second-order valence-corrected chi connectivity index (χ2v) is 4.83. The van der Waals surface area contributed by atoms with Crippen molar-refractivity contribution in [2.75, 3.05) is 32.1 Å². The molecular weight excluding hydrogens is 240 g/mol. The van der Waals surface area contributed by atoms with Crippen LogP contribution in [0.5, 0.6) is 0 Å². The maximum Gasteiger partial charge on any atom is 0.239 e. The average molecular weight is 264 g/mol. The zero-order valence-corrected chi connectivity index (χ0v) is 12.0. The molecule has 4 nitrogen and oxygen atoms in total. The average Bonchev–Trinajstić information content (AvgIpc) is 2.41. The molecular formula is C15H24N2O2. The minimum atomic E-state index is 0.00560. The van der Waals surface area contributed by atoms with Crippen LogP contribution in [-0.4, -0.2) is 32.7 Å². The Morgan fingerprint density at radius 2 is 2.16 bits per heavy atom. The molecule has 1 aromatic rings. The van der Waals surface area contributed by atoms with Gasteiger partial charge < -0.3 is 15.4 Å². The summed E-state index contributed by atoms with van der Waals surface area (Å²) in [4.78, 5) is 11.6. The van der Waals surface area contributed by atoms with Gasteiger partial charge in [0, 0.05) is 25.9 Å². The smallest absolute Gasteiger partial charge is 0.239 e. The lowest BCUT2D eigenvalue weighted by molar-refractivity contribution is -0.119. The van der Waals surface area contributed by atoms with Crippen LogP contribution in [0.15, 0.2) is 24.3 Å². The Morgan fingerprint density at radius 3 is 2.84 bits per heavy atom. The number of nitrogens with one attached hydrogen (secondary N) is 2. The summed E-state index contributed by atoms with van der Waals surface area (Å²) in [7, 11) is 1.66. The highest BCUT2D eigenvalue weighted by atomic mass is 16.5. The standard InChI is InChI=1S/C15H24N2O2/c1-12(2)13-6-4-7-14(10-13)17-11-15(18)16-8-5-9-19-3/h4,6-7,10,12,17H,5,8-9,11H2,1-3H3,(H,16,18). The first-order valence-corrected chi connectivity index (χ1v) is 6.73. The second-order valence-electron chi connectivity index (χ2n) is 4.83. The molecule has 0 radical (unpaired) electrons. The van der Waals surface area contributed by atoms with Gasteiger partial charge in [0.15, 0.2) is 0 Å². The van der Waals surface area contributed by atoms with Gasteiger partial charge in [-0.25, -0.2) is 0 Å². The zero-order valence-electron chi connectivity index (χ0n) is 12.0. The molecule has 0 aliphatic carbocycles. The summed E-state index contributed by atoms with van der Waals surface area (Å²) >= 11 is 0. The highest BCUT2D eigenvalue weighted by Crippen LogP contribution is 2.18. The normalized spacial score (nSPS) is 10.5. The minimum Gasteiger partial charge on any atom is -0.385 e. The Morgan fingerprint density at radius 1 is 1.37 bits per heavy atom. The van der Waals surface area contributed by atoms with Crippen LogP contribution in [0.25, 0.3) is 0 Å². The number of anilines is 1. The Labute approximate surface area is 115 Å². The van der Waals surface area contributed by atoms with Gasteiger partial charge >= 0.3 is 0 Å². The molecule has 1 rings (SSSR count). The minimum absolute atomic E-state index is 0.00560. The molecule has 0 fully saturated rings. The fourth-order valence-corrected chi connectivity index (χ4v) is 1.70. The highest BCUT2D eigenvalue weighted by Gasteiger charge is 2.02. The van der Waals surface area contributed by atoms with E-state index in [4.69, 9.17) is 4.74 Å². The van der Waals surface area contributed by atoms with Gasteiger partial charge in [-0.3, -0.25) is 4.79 Å². The van der Waals surface area contributed by atoms with E-state index in [1.807, 2.05) is 12.1 Å². The first-order valence-electron chi connectivity index (χ1n) is 6.73. The quantitative estimate of drug-likeness (QED) is 0.709. The molecule has 4 heteroatoms. The summed E-state index contributed by atoms with van der Waals surface area (Å²) in [6, 6.07) is 8.17. The van der Waals surface area contributed by atoms with Crippen LogP contribution in [0.1, 0.15) is 31.7 Å². The fraction of sp³-hybridized carbons (Fsp3) is 0.533. The fourth-order valence-electron chi connectivity index (χ4n) is 1.70. The predicted octanol–water partition coefficient (Wildman–Crippen LogP) is 2.37. The molecule has 1 aromatic carbocycles. The van der Waals surface area contributed by atoms with E-state index in [0.717, 1.165) is 12.1 Å². The van der Waals surface area contributed by atoms with E-state index < -0.39 is 0 Å². The largest absolute Gasteiger partial charge is 0.385 e. The first kappa shape index (κ1) is 15.5. The van der Waals surface area contributed by atoms with Crippen LogP contribution in [0.2, 0.25) is 0 Å². The number of benzene rings is 1. The molecule has 106 valence electrons. The third kappa shape index (κ3) is 6.25. The Hall–Kier alpha value is -1.55. The summed E-state index contributed by atoms with van der Waals surface area (Å²) in [5.41, 5.74) is 2.25. The van der Waals surface area contributed by atoms with Gasteiger partial charge in [0.05, 0.1) is 6.54 Å². The van der Waals surface area contributed by atoms with E-state index in [1.54, 1.807) is 7.11 Å². The van der Waals surface area contributed by atoms with Crippen molar-refractivity contribution >= 4 is 11.6 Å². The molecule has 0 bridgehead atoms. The number of methoxy groups -OCH3 is 1. The third-order valence-electron chi connectivity index (χ3n) is 2.85. The third-order valence-corrected chi connectivity index (χ3v) is 2.85. The summed E-state index contributed by atoms with van der Waals surface area (Å²) < 4.78 is 4.92. The van der Waals surface area contributed by atoms with E-state index >= 15 is 0 Å². The number of carbonyl (C=O) groups excluding carboxylic acids is 1. The molecule has 0 saturated heterocycles. The van der Waals surface area contributed by atoms with Gasteiger partial charge in [-0.1, -0.05) is 26.0 Å². The molecule has 0 unspecified atom stereocenters. The van der Waals surface area contributed by atoms with E-state index in [1.165, 1.54) is 5.56 Å². The van der Waals surface area contributed by atoms with Crippen molar-refractivity contribution in [3.8, 4) is 0 Å². The lowest BCUT2D eigenvalue weighted by atomic mass is 10.0. The zero-order chi connectivity index (χ0) is 14.1. The van der Waals surface area contributed by atoms with Crippen molar-refractivity contribution in [2.45, 2.75) is 26.2 Å². The number of hydrogen-bond acceptors (Lipinski definition) is 3. The lowest BCUT2D eigenvalue weighted by Gasteiger charge is -2.10. The van der Waals surface area contributed by atoms with Crippen molar-refractivity contribution in [1.29, 1.82) is 0 Å². The van der Waals surface area contributed by atoms with Gasteiger partial charge in [-0.05, 0) is 30.0 Å². The van der Waals surface area contributed by atoms with Gasteiger partial charge in [-0.15, -0.1) is 0 Å². The number of amides is 1. The Balaban J connectivity index is 2.31. The molecule has 0 heterocycles. The molecule has 0 aliphatic rings. The van der Waals surface area contributed by atoms with Crippen LogP contribution in [0.3, 0.4) is 0 Å². The summed E-state index contributed by atoms with van der Waals surface area (Å²) in [5, 5.41) is 5.98. The highest BCUT2D eigenvalue weighted by molar-refractivity contribution is 5.80. The van der Waals surface area contributed by atoms with Gasteiger partial charge in [0.2, 0.25) is 5.91 Å². The lowest BCUT2D eigenvalue weighted by Crippen LogP contribution is -2.31. The number of carbonyl (C=O) groups is 1. The van der Waals surface area contributed by atoms with Gasteiger partial charge in [-0.2, -0.15) is 0 Å². The summed E-state index contributed by atoms with van der Waals surface area (Å²) in [5.74, 6) is 0.496. The van der Waals surface area contributed by atoms with E-state index in [2.05, 4.69) is 36.6 Å². The second kappa shape index (κ2) is 8.53. The van der Waals surface area contributed by atoms with Crippen molar-refractivity contribution < 1.29 is 9.53 Å². The maximum atomic E-state index is 11.6. The number of ether oxygens (including phenoxy) is 1. The van der Waals surface area contributed by atoms with Crippen LogP contribution in [-0.2, 0) is 9.53 Å². The SMILES string of the molecule is COCCCNC(=O)CNc1cccc(C(C)C)c1. The van der Waals surface area contributed by atoms with Crippen molar-refractivity contribution in [3.05, 3.63) is 29.8 Å². The Kier molecular flexibility index (Phi) is 6.97. The molecule has 19 heavy (non-hydrogen) atoms. The molecule has 0 aromatic heterocycles. The van der Waals surface area contributed by atoms with Crippen molar-refractivity contribution in [3.63, 3.8) is 0 Å². The van der Waals surface area contributed by atoms with Crippen LogP contribution < -0.4 is 10.6 Å². The first-order chi connectivity index (χ1) is 9.13. The van der Waals surface area contributed by atoms with E-state index in [-0.39, 0.29) is 5.91 Å². The predicted molar refractivity (Wildman–Crippen MR) is 78.5 cm³/mol. The van der Waals surface area contributed by atoms with E-state index in [0.29, 0.717) is 25.6 Å². The van der Waals surface area contributed by atoms with Crippen LogP contribution >= 0.6 is 0 Å². The molecule has 0 aliphatic heterocycles.